The predicted octanol–water partition coefficient (Wildman–Crippen LogP) is 3.55. The highest BCUT2D eigenvalue weighted by atomic mass is 16.3. The SMILES string of the molecule is CC(C)(Cc1ccoc1)C(N)c1ccccc1. The minimum atomic E-state index is 0.00519. The maximum Gasteiger partial charge on any atom is 0.0934 e. The first-order valence-corrected chi connectivity index (χ1v) is 5.91. The second-order valence-corrected chi connectivity index (χ2v) is 5.19. The predicted molar refractivity (Wildman–Crippen MR) is 69.6 cm³/mol. The van der Waals surface area contributed by atoms with Crippen molar-refractivity contribution in [2.75, 3.05) is 0 Å². The van der Waals surface area contributed by atoms with E-state index < -0.39 is 0 Å². The topological polar surface area (TPSA) is 39.2 Å². The molecule has 0 amide bonds. The van der Waals surface area contributed by atoms with Crippen LogP contribution in [0.3, 0.4) is 0 Å². The van der Waals surface area contributed by atoms with Crippen molar-refractivity contribution in [1.29, 1.82) is 0 Å². The molecule has 0 fully saturated rings. The summed E-state index contributed by atoms with van der Waals surface area (Å²) in [5.74, 6) is 0. The molecule has 0 saturated carbocycles. The zero-order chi connectivity index (χ0) is 12.3. The van der Waals surface area contributed by atoms with Gasteiger partial charge in [0.25, 0.3) is 0 Å². The monoisotopic (exact) mass is 229 g/mol. The summed E-state index contributed by atoms with van der Waals surface area (Å²) in [6.45, 7) is 4.38. The van der Waals surface area contributed by atoms with Crippen molar-refractivity contribution in [3.8, 4) is 0 Å². The second-order valence-electron chi connectivity index (χ2n) is 5.19. The smallest absolute Gasteiger partial charge is 0.0934 e. The lowest BCUT2D eigenvalue weighted by atomic mass is 9.77. The third kappa shape index (κ3) is 2.77. The Kier molecular flexibility index (Phi) is 3.34. The van der Waals surface area contributed by atoms with Gasteiger partial charge in [-0.05, 0) is 29.0 Å². The summed E-state index contributed by atoms with van der Waals surface area (Å²) in [6.07, 6.45) is 4.42. The van der Waals surface area contributed by atoms with Crippen LogP contribution in [0.4, 0.5) is 0 Å². The van der Waals surface area contributed by atoms with Crippen LogP contribution >= 0.6 is 0 Å². The Morgan fingerprint density at radius 2 is 1.88 bits per heavy atom. The van der Waals surface area contributed by atoms with Crippen LogP contribution in [0.1, 0.15) is 31.0 Å². The van der Waals surface area contributed by atoms with Gasteiger partial charge in [0.1, 0.15) is 0 Å². The van der Waals surface area contributed by atoms with E-state index in [2.05, 4.69) is 26.0 Å². The fourth-order valence-electron chi connectivity index (χ4n) is 2.14. The Bertz CT molecular complexity index is 445. The molecule has 2 rings (SSSR count). The number of rotatable bonds is 4. The zero-order valence-corrected chi connectivity index (χ0v) is 10.4. The number of nitrogens with two attached hydrogens (primary N) is 1. The van der Waals surface area contributed by atoms with E-state index in [0.717, 1.165) is 6.42 Å². The summed E-state index contributed by atoms with van der Waals surface area (Å²) in [6, 6.07) is 12.3. The molecule has 1 heterocycles. The Balaban J connectivity index is 2.15. The van der Waals surface area contributed by atoms with Crippen LogP contribution in [0, 0.1) is 5.41 Å². The van der Waals surface area contributed by atoms with Crippen molar-refractivity contribution >= 4 is 0 Å². The van der Waals surface area contributed by atoms with Crippen molar-refractivity contribution in [2.24, 2.45) is 11.1 Å². The first kappa shape index (κ1) is 11.9. The number of benzene rings is 1. The van der Waals surface area contributed by atoms with Gasteiger partial charge in [-0.2, -0.15) is 0 Å². The summed E-state index contributed by atoms with van der Waals surface area (Å²) in [5.41, 5.74) is 8.74. The third-order valence-corrected chi connectivity index (χ3v) is 3.24. The Hall–Kier alpha value is -1.54. The van der Waals surface area contributed by atoms with Crippen LogP contribution in [0.5, 0.6) is 0 Å². The lowest BCUT2D eigenvalue weighted by Gasteiger charge is -2.31. The molecule has 2 heteroatoms. The van der Waals surface area contributed by atoms with Crippen molar-refractivity contribution in [2.45, 2.75) is 26.3 Å². The van der Waals surface area contributed by atoms with Crippen molar-refractivity contribution < 1.29 is 4.42 Å². The highest BCUT2D eigenvalue weighted by Gasteiger charge is 2.28. The quantitative estimate of drug-likeness (QED) is 0.870. The molecule has 90 valence electrons. The van der Waals surface area contributed by atoms with E-state index >= 15 is 0 Å². The normalized spacial score (nSPS) is 13.6. The largest absolute Gasteiger partial charge is 0.472 e. The molecule has 0 bridgehead atoms. The fraction of sp³-hybridized carbons (Fsp3) is 0.333. The van der Waals surface area contributed by atoms with Crippen molar-refractivity contribution in [3.05, 3.63) is 60.1 Å². The van der Waals surface area contributed by atoms with E-state index in [9.17, 15) is 0 Å². The average molecular weight is 229 g/mol. The molecule has 2 N–H and O–H groups in total. The second kappa shape index (κ2) is 4.76. The molecule has 1 aromatic heterocycles. The summed E-state index contributed by atoms with van der Waals surface area (Å²) < 4.78 is 5.11. The van der Waals surface area contributed by atoms with Gasteiger partial charge in [-0.15, -0.1) is 0 Å². The van der Waals surface area contributed by atoms with Crippen molar-refractivity contribution in [3.63, 3.8) is 0 Å². The molecule has 0 radical (unpaired) electrons. The molecule has 17 heavy (non-hydrogen) atoms. The van der Waals surface area contributed by atoms with E-state index in [1.807, 2.05) is 24.3 Å². The number of hydrogen-bond acceptors (Lipinski definition) is 2. The maximum atomic E-state index is 6.36. The minimum Gasteiger partial charge on any atom is -0.472 e. The standard InChI is InChI=1S/C15H19NO/c1-15(2,10-12-8-9-17-11-12)14(16)13-6-4-3-5-7-13/h3-9,11,14H,10,16H2,1-2H3. The Labute approximate surface area is 102 Å². The van der Waals surface area contributed by atoms with Gasteiger partial charge in [-0.1, -0.05) is 44.2 Å². The summed E-state index contributed by atoms with van der Waals surface area (Å²) in [7, 11) is 0. The van der Waals surface area contributed by atoms with Gasteiger partial charge in [0.2, 0.25) is 0 Å². The van der Waals surface area contributed by atoms with E-state index in [1.165, 1.54) is 11.1 Å². The molecule has 0 aliphatic rings. The highest BCUT2D eigenvalue weighted by Crippen LogP contribution is 2.34. The van der Waals surface area contributed by atoms with E-state index in [-0.39, 0.29) is 11.5 Å². The van der Waals surface area contributed by atoms with Crippen LogP contribution in [0.15, 0.2) is 53.3 Å². The Morgan fingerprint density at radius 3 is 2.47 bits per heavy atom. The molecular weight excluding hydrogens is 210 g/mol. The molecule has 0 saturated heterocycles. The Morgan fingerprint density at radius 1 is 1.18 bits per heavy atom. The highest BCUT2D eigenvalue weighted by molar-refractivity contribution is 5.22. The lowest BCUT2D eigenvalue weighted by Crippen LogP contribution is -2.31. The summed E-state index contributed by atoms with van der Waals surface area (Å²) in [5, 5.41) is 0. The molecule has 1 aromatic carbocycles. The lowest BCUT2D eigenvalue weighted by molar-refractivity contribution is 0.286. The van der Waals surface area contributed by atoms with Crippen LogP contribution in [-0.4, -0.2) is 0 Å². The molecule has 1 unspecified atom stereocenters. The van der Waals surface area contributed by atoms with Crippen LogP contribution < -0.4 is 5.73 Å². The zero-order valence-electron chi connectivity index (χ0n) is 10.4. The van der Waals surface area contributed by atoms with Gasteiger partial charge in [0, 0.05) is 6.04 Å². The summed E-state index contributed by atoms with van der Waals surface area (Å²) >= 11 is 0. The summed E-state index contributed by atoms with van der Waals surface area (Å²) in [4.78, 5) is 0. The number of hydrogen-bond donors (Lipinski definition) is 1. The van der Waals surface area contributed by atoms with Gasteiger partial charge < -0.3 is 10.2 Å². The molecule has 2 aromatic rings. The van der Waals surface area contributed by atoms with Gasteiger partial charge in [0.05, 0.1) is 12.5 Å². The fourth-order valence-corrected chi connectivity index (χ4v) is 2.14. The van der Waals surface area contributed by atoms with Gasteiger partial charge in [-0.25, -0.2) is 0 Å². The molecule has 1 atom stereocenters. The van der Waals surface area contributed by atoms with E-state index in [0.29, 0.717) is 0 Å². The van der Waals surface area contributed by atoms with Gasteiger partial charge in [0.15, 0.2) is 0 Å². The maximum absolute atomic E-state index is 6.36. The van der Waals surface area contributed by atoms with Gasteiger partial charge >= 0.3 is 0 Å². The molecule has 0 aliphatic carbocycles. The van der Waals surface area contributed by atoms with E-state index in [1.54, 1.807) is 12.5 Å². The molecule has 2 nitrogen and oxygen atoms in total. The first-order chi connectivity index (χ1) is 8.09. The number of furan rings is 1. The third-order valence-electron chi connectivity index (χ3n) is 3.24. The van der Waals surface area contributed by atoms with Crippen LogP contribution in [0.2, 0.25) is 0 Å². The van der Waals surface area contributed by atoms with E-state index in [4.69, 9.17) is 10.2 Å². The first-order valence-electron chi connectivity index (χ1n) is 5.91. The van der Waals surface area contributed by atoms with Crippen molar-refractivity contribution in [1.82, 2.24) is 0 Å². The minimum absolute atomic E-state index is 0.00519. The average Bonchev–Trinajstić information content (AvgIpc) is 2.81. The van der Waals surface area contributed by atoms with Crippen LogP contribution in [0.25, 0.3) is 0 Å². The van der Waals surface area contributed by atoms with Crippen LogP contribution in [-0.2, 0) is 6.42 Å². The molecule has 0 spiro atoms. The molecular formula is C15H19NO. The molecule has 0 aliphatic heterocycles. The van der Waals surface area contributed by atoms with Gasteiger partial charge in [-0.3, -0.25) is 0 Å².